The number of likely N-dealkylation sites (tertiary alicyclic amines) is 1. The van der Waals surface area contributed by atoms with Gasteiger partial charge in [0.15, 0.2) is 0 Å². The number of pyridine rings is 1. The van der Waals surface area contributed by atoms with Crippen LogP contribution in [0, 0.1) is 5.92 Å². The third-order valence-electron chi connectivity index (χ3n) is 5.22. The molecule has 1 atom stereocenters. The van der Waals surface area contributed by atoms with Crippen LogP contribution in [0.15, 0.2) is 48.1 Å². The van der Waals surface area contributed by atoms with Crippen molar-refractivity contribution in [2.75, 3.05) is 13.1 Å². The summed E-state index contributed by atoms with van der Waals surface area (Å²) in [6.45, 7) is 2.89. The Morgan fingerprint density at radius 1 is 1.18 bits per heavy atom. The van der Waals surface area contributed by atoms with E-state index in [-0.39, 0.29) is 23.8 Å². The molecule has 1 N–H and O–H groups in total. The molecule has 1 aliphatic heterocycles. The van der Waals surface area contributed by atoms with Gasteiger partial charge in [0, 0.05) is 48.7 Å². The van der Waals surface area contributed by atoms with Gasteiger partial charge in [-0.3, -0.25) is 14.6 Å². The Morgan fingerprint density at radius 3 is 2.71 bits per heavy atom. The Bertz CT molecular complexity index is 981. The number of amides is 2. The lowest BCUT2D eigenvalue weighted by molar-refractivity contribution is -0.120. The maximum Gasteiger partial charge on any atom is 0.253 e. The van der Waals surface area contributed by atoms with Crippen LogP contribution in [0.1, 0.15) is 41.2 Å². The van der Waals surface area contributed by atoms with Crippen LogP contribution in [0.2, 0.25) is 0 Å². The van der Waals surface area contributed by atoms with Crippen molar-refractivity contribution in [1.82, 2.24) is 20.2 Å². The second-order valence-electron chi connectivity index (χ2n) is 7.09. The lowest BCUT2D eigenvalue weighted by Gasteiger charge is -2.35. The van der Waals surface area contributed by atoms with Gasteiger partial charge in [0.05, 0.1) is 11.6 Å². The number of thiazole rings is 1. The molecule has 2 aromatic heterocycles. The van der Waals surface area contributed by atoms with Gasteiger partial charge >= 0.3 is 0 Å². The van der Waals surface area contributed by atoms with Gasteiger partial charge in [-0.1, -0.05) is 6.07 Å². The average molecular weight is 395 g/mol. The standard InChI is InChI=1S/C21H22N4O2S/c1-14(26)24-19(20-23-9-12-28-20)15-6-10-25(11-7-15)21(27)17-4-5-18-16(13-17)3-2-8-22-18/h2-5,8-9,12-13,15,19H,6-7,10-11H2,1H3,(H,24,26). The van der Waals surface area contributed by atoms with E-state index in [1.807, 2.05) is 40.6 Å². The Hall–Kier alpha value is -2.80. The Kier molecular flexibility index (Phi) is 5.34. The molecule has 3 aromatic rings. The van der Waals surface area contributed by atoms with Crippen molar-refractivity contribution in [3.05, 3.63) is 58.7 Å². The van der Waals surface area contributed by atoms with Gasteiger partial charge in [-0.2, -0.15) is 0 Å². The summed E-state index contributed by atoms with van der Waals surface area (Å²) in [4.78, 5) is 35.2. The minimum Gasteiger partial charge on any atom is -0.347 e. The molecule has 1 fully saturated rings. The van der Waals surface area contributed by atoms with E-state index in [1.54, 1.807) is 23.7 Å². The van der Waals surface area contributed by atoms with Gasteiger partial charge in [0.2, 0.25) is 5.91 Å². The number of hydrogen-bond acceptors (Lipinski definition) is 5. The number of carbonyl (C=O) groups excluding carboxylic acids is 2. The maximum atomic E-state index is 13.0. The van der Waals surface area contributed by atoms with Crippen LogP contribution in [-0.2, 0) is 4.79 Å². The molecule has 0 spiro atoms. The first-order chi connectivity index (χ1) is 13.6. The number of benzene rings is 1. The van der Waals surface area contributed by atoms with Crippen LogP contribution in [0.5, 0.6) is 0 Å². The highest BCUT2D eigenvalue weighted by Crippen LogP contribution is 2.32. The van der Waals surface area contributed by atoms with Crippen molar-refractivity contribution in [2.24, 2.45) is 5.92 Å². The van der Waals surface area contributed by atoms with Gasteiger partial charge in [0.25, 0.3) is 5.91 Å². The minimum atomic E-state index is -0.0819. The van der Waals surface area contributed by atoms with Crippen LogP contribution in [0.25, 0.3) is 10.9 Å². The summed E-state index contributed by atoms with van der Waals surface area (Å²) >= 11 is 1.56. The SMILES string of the molecule is CC(=O)NC(c1nccs1)C1CCN(C(=O)c2ccc3ncccc3c2)CC1. The van der Waals surface area contributed by atoms with E-state index in [4.69, 9.17) is 0 Å². The number of aromatic nitrogens is 2. The van der Waals surface area contributed by atoms with Crippen molar-refractivity contribution in [2.45, 2.75) is 25.8 Å². The lowest BCUT2D eigenvalue weighted by Crippen LogP contribution is -2.42. The van der Waals surface area contributed by atoms with E-state index in [2.05, 4.69) is 15.3 Å². The predicted molar refractivity (Wildman–Crippen MR) is 109 cm³/mol. The fourth-order valence-corrected chi connectivity index (χ4v) is 4.60. The van der Waals surface area contributed by atoms with E-state index in [9.17, 15) is 9.59 Å². The molecule has 0 bridgehead atoms. The zero-order valence-corrected chi connectivity index (χ0v) is 16.5. The zero-order valence-electron chi connectivity index (χ0n) is 15.7. The van der Waals surface area contributed by atoms with E-state index < -0.39 is 0 Å². The molecule has 4 rings (SSSR count). The van der Waals surface area contributed by atoms with Gasteiger partial charge in [0.1, 0.15) is 5.01 Å². The van der Waals surface area contributed by atoms with Crippen LogP contribution >= 0.6 is 11.3 Å². The summed E-state index contributed by atoms with van der Waals surface area (Å²) in [5.74, 6) is 0.276. The highest BCUT2D eigenvalue weighted by Gasteiger charge is 2.31. The van der Waals surface area contributed by atoms with E-state index >= 15 is 0 Å². The van der Waals surface area contributed by atoms with Crippen LogP contribution in [-0.4, -0.2) is 39.8 Å². The van der Waals surface area contributed by atoms with Gasteiger partial charge in [-0.25, -0.2) is 4.98 Å². The van der Waals surface area contributed by atoms with Crippen LogP contribution in [0.4, 0.5) is 0 Å². The highest BCUT2D eigenvalue weighted by molar-refractivity contribution is 7.09. The monoisotopic (exact) mass is 394 g/mol. The molecule has 1 saturated heterocycles. The summed E-state index contributed by atoms with van der Waals surface area (Å²) in [6.07, 6.45) is 5.20. The van der Waals surface area contributed by atoms with Gasteiger partial charge < -0.3 is 10.2 Å². The quantitative estimate of drug-likeness (QED) is 0.736. The molecule has 1 aliphatic rings. The van der Waals surface area contributed by atoms with Crippen molar-refractivity contribution in [3.63, 3.8) is 0 Å². The third-order valence-corrected chi connectivity index (χ3v) is 6.08. The molecular weight excluding hydrogens is 372 g/mol. The largest absolute Gasteiger partial charge is 0.347 e. The number of carbonyl (C=O) groups is 2. The molecule has 3 heterocycles. The van der Waals surface area contributed by atoms with Crippen LogP contribution in [0.3, 0.4) is 0 Å². The molecule has 0 saturated carbocycles. The molecule has 144 valence electrons. The molecule has 7 heteroatoms. The molecule has 1 unspecified atom stereocenters. The summed E-state index contributed by atoms with van der Waals surface area (Å²) in [6, 6.07) is 9.41. The van der Waals surface area contributed by atoms with Crippen molar-refractivity contribution >= 4 is 34.1 Å². The van der Waals surface area contributed by atoms with Gasteiger partial charge in [-0.05, 0) is 43.0 Å². The summed E-state index contributed by atoms with van der Waals surface area (Å²) < 4.78 is 0. The first kappa shape index (κ1) is 18.6. The summed E-state index contributed by atoms with van der Waals surface area (Å²) in [7, 11) is 0. The third kappa shape index (κ3) is 3.89. The number of hydrogen-bond donors (Lipinski definition) is 1. The zero-order chi connectivity index (χ0) is 19.5. The second kappa shape index (κ2) is 8.06. The molecule has 1 aromatic carbocycles. The summed E-state index contributed by atoms with van der Waals surface area (Å²) in [5.41, 5.74) is 1.58. The molecule has 0 radical (unpaired) electrons. The van der Waals surface area contributed by atoms with E-state index in [1.165, 1.54) is 6.92 Å². The lowest BCUT2D eigenvalue weighted by atomic mass is 9.89. The smallest absolute Gasteiger partial charge is 0.253 e. The van der Waals surface area contributed by atoms with E-state index in [0.29, 0.717) is 18.7 Å². The minimum absolute atomic E-state index is 0.0505. The first-order valence-corrected chi connectivity index (χ1v) is 10.3. The Labute approximate surface area is 167 Å². The second-order valence-corrected chi connectivity index (χ2v) is 8.02. The number of piperidine rings is 1. The van der Waals surface area contributed by atoms with Gasteiger partial charge in [-0.15, -0.1) is 11.3 Å². The highest BCUT2D eigenvalue weighted by atomic mass is 32.1. The molecule has 0 aliphatic carbocycles. The molecule has 6 nitrogen and oxygen atoms in total. The number of fused-ring (bicyclic) bond motifs is 1. The fraction of sp³-hybridized carbons (Fsp3) is 0.333. The topological polar surface area (TPSA) is 75.2 Å². The molecular formula is C21H22N4O2S. The number of nitrogens with zero attached hydrogens (tertiary/aromatic N) is 3. The Morgan fingerprint density at radius 2 is 2.00 bits per heavy atom. The van der Waals surface area contributed by atoms with Crippen molar-refractivity contribution in [1.29, 1.82) is 0 Å². The maximum absolute atomic E-state index is 13.0. The fourth-order valence-electron chi connectivity index (χ4n) is 3.82. The number of nitrogens with one attached hydrogen (secondary N) is 1. The number of rotatable bonds is 4. The van der Waals surface area contributed by atoms with Crippen LogP contribution < -0.4 is 5.32 Å². The van der Waals surface area contributed by atoms with Crippen molar-refractivity contribution < 1.29 is 9.59 Å². The average Bonchev–Trinajstić information content (AvgIpc) is 3.26. The summed E-state index contributed by atoms with van der Waals surface area (Å²) in [5, 5.41) is 6.88. The van der Waals surface area contributed by atoms with Crippen molar-refractivity contribution in [3.8, 4) is 0 Å². The molecule has 2 amide bonds. The predicted octanol–water partition coefficient (Wildman–Crippen LogP) is 3.42. The van der Waals surface area contributed by atoms with E-state index in [0.717, 1.165) is 28.8 Å². The Balaban J connectivity index is 1.45. The molecule has 28 heavy (non-hydrogen) atoms. The normalized spacial score (nSPS) is 16.1. The first-order valence-electron chi connectivity index (χ1n) is 9.42.